The fourth-order valence-corrected chi connectivity index (χ4v) is 1.85. The van der Waals surface area contributed by atoms with E-state index < -0.39 is 0 Å². The Bertz CT molecular complexity index is 580. The van der Waals surface area contributed by atoms with Crippen molar-refractivity contribution >= 4 is 27.5 Å². The van der Waals surface area contributed by atoms with Crippen LogP contribution in [0.2, 0.25) is 0 Å². The van der Waals surface area contributed by atoms with Crippen LogP contribution in [-0.2, 0) is 6.54 Å². The summed E-state index contributed by atoms with van der Waals surface area (Å²) in [6.45, 7) is 2.03. The van der Waals surface area contributed by atoms with E-state index in [4.69, 9.17) is 10.2 Å². The number of nitrogens with one attached hydrogen (secondary N) is 1. The first-order valence-corrected chi connectivity index (χ1v) is 6.10. The number of anilines is 1. The summed E-state index contributed by atoms with van der Waals surface area (Å²) in [4.78, 5) is 15.9. The van der Waals surface area contributed by atoms with Crippen LogP contribution >= 0.6 is 15.9 Å². The molecule has 0 radical (unpaired) electrons. The molecule has 0 fully saturated rings. The maximum atomic E-state index is 11.9. The molecule has 94 valence electrons. The van der Waals surface area contributed by atoms with Crippen molar-refractivity contribution in [2.24, 2.45) is 0 Å². The average Bonchev–Trinajstić information content (AvgIpc) is 2.72. The second-order valence-electron chi connectivity index (χ2n) is 3.78. The van der Waals surface area contributed by atoms with E-state index in [0.717, 1.165) is 4.47 Å². The lowest BCUT2D eigenvalue weighted by molar-refractivity contribution is 0.0948. The predicted molar refractivity (Wildman–Crippen MR) is 71.0 cm³/mol. The number of carbonyl (C=O) groups excluding carboxylic acids is 1. The number of nitrogens with zero attached hydrogens (tertiary/aromatic N) is 1. The zero-order valence-electron chi connectivity index (χ0n) is 9.74. The van der Waals surface area contributed by atoms with Crippen molar-refractivity contribution in [2.45, 2.75) is 13.5 Å². The minimum atomic E-state index is -0.254. The number of nitrogen functional groups attached to an aromatic ring is 1. The molecule has 0 unspecified atom stereocenters. The van der Waals surface area contributed by atoms with Crippen LogP contribution in [0.5, 0.6) is 0 Å². The molecule has 1 aromatic carbocycles. The first kappa shape index (κ1) is 12.6. The van der Waals surface area contributed by atoms with Crippen LogP contribution in [0.4, 0.5) is 5.69 Å². The summed E-state index contributed by atoms with van der Waals surface area (Å²) >= 11 is 3.29. The second kappa shape index (κ2) is 5.22. The number of benzene rings is 1. The Kier molecular flexibility index (Phi) is 3.66. The van der Waals surface area contributed by atoms with Crippen molar-refractivity contribution < 1.29 is 9.21 Å². The summed E-state index contributed by atoms with van der Waals surface area (Å²) in [5, 5.41) is 2.70. The molecule has 1 heterocycles. The van der Waals surface area contributed by atoms with Gasteiger partial charge in [0.05, 0.1) is 18.3 Å². The van der Waals surface area contributed by atoms with Gasteiger partial charge in [0.1, 0.15) is 5.76 Å². The molecule has 18 heavy (non-hydrogen) atoms. The molecule has 3 N–H and O–H groups in total. The average molecular weight is 310 g/mol. The van der Waals surface area contributed by atoms with Gasteiger partial charge in [0.2, 0.25) is 5.89 Å². The largest absolute Gasteiger partial charge is 0.444 e. The molecular formula is C12H12BrN3O2. The Morgan fingerprint density at radius 1 is 1.56 bits per heavy atom. The van der Waals surface area contributed by atoms with Gasteiger partial charge < -0.3 is 15.5 Å². The molecule has 0 aliphatic rings. The molecule has 0 saturated carbocycles. The van der Waals surface area contributed by atoms with Crippen molar-refractivity contribution in [1.82, 2.24) is 10.3 Å². The Labute approximate surface area is 113 Å². The van der Waals surface area contributed by atoms with Crippen LogP contribution in [0.25, 0.3) is 0 Å². The summed E-state index contributed by atoms with van der Waals surface area (Å²) in [6.07, 6.45) is 1.61. The third-order valence-corrected chi connectivity index (χ3v) is 2.82. The highest BCUT2D eigenvalue weighted by Crippen LogP contribution is 2.18. The number of halogens is 1. The van der Waals surface area contributed by atoms with Gasteiger partial charge in [-0.15, -0.1) is 0 Å². The van der Waals surface area contributed by atoms with Gasteiger partial charge in [0, 0.05) is 10.2 Å². The van der Waals surface area contributed by atoms with E-state index in [0.29, 0.717) is 22.9 Å². The zero-order valence-corrected chi connectivity index (χ0v) is 11.3. The van der Waals surface area contributed by atoms with Gasteiger partial charge >= 0.3 is 0 Å². The van der Waals surface area contributed by atoms with Crippen LogP contribution in [0, 0.1) is 6.92 Å². The molecule has 0 aliphatic heterocycles. The number of hydrogen-bond acceptors (Lipinski definition) is 4. The van der Waals surface area contributed by atoms with E-state index in [1.54, 1.807) is 31.3 Å². The van der Waals surface area contributed by atoms with E-state index in [2.05, 4.69) is 26.2 Å². The number of hydrogen-bond donors (Lipinski definition) is 2. The summed E-state index contributed by atoms with van der Waals surface area (Å²) in [6, 6.07) is 5.11. The van der Waals surface area contributed by atoms with E-state index in [1.165, 1.54) is 0 Å². The molecular weight excluding hydrogens is 298 g/mol. The van der Waals surface area contributed by atoms with Crippen molar-refractivity contribution in [1.29, 1.82) is 0 Å². The minimum absolute atomic E-state index is 0.238. The SMILES string of the molecule is Cc1cnc(CNC(=O)c2ccc(Br)cc2N)o1. The van der Waals surface area contributed by atoms with Crippen molar-refractivity contribution in [2.75, 3.05) is 5.73 Å². The van der Waals surface area contributed by atoms with Crippen LogP contribution in [0.15, 0.2) is 33.3 Å². The van der Waals surface area contributed by atoms with Gasteiger partial charge in [-0.05, 0) is 25.1 Å². The van der Waals surface area contributed by atoms with E-state index in [9.17, 15) is 4.79 Å². The van der Waals surface area contributed by atoms with Crippen LogP contribution in [0.1, 0.15) is 22.0 Å². The molecule has 1 aromatic heterocycles. The van der Waals surface area contributed by atoms with Gasteiger partial charge in [0.15, 0.2) is 0 Å². The molecule has 0 bridgehead atoms. The van der Waals surface area contributed by atoms with Gasteiger partial charge in [-0.25, -0.2) is 4.98 Å². The molecule has 0 aliphatic carbocycles. The maximum Gasteiger partial charge on any atom is 0.253 e. The van der Waals surface area contributed by atoms with Gasteiger partial charge in [0.25, 0.3) is 5.91 Å². The molecule has 0 spiro atoms. The van der Waals surface area contributed by atoms with Crippen molar-refractivity contribution in [3.8, 4) is 0 Å². The number of amides is 1. The Morgan fingerprint density at radius 2 is 2.33 bits per heavy atom. The highest BCUT2D eigenvalue weighted by atomic mass is 79.9. The molecule has 2 rings (SSSR count). The van der Waals surface area contributed by atoms with E-state index in [1.807, 2.05) is 0 Å². The maximum absolute atomic E-state index is 11.9. The van der Waals surface area contributed by atoms with E-state index in [-0.39, 0.29) is 12.5 Å². The summed E-state index contributed by atoms with van der Waals surface area (Å²) in [7, 11) is 0. The standard InChI is InChI=1S/C12H12BrN3O2/c1-7-5-15-11(18-7)6-16-12(17)9-3-2-8(13)4-10(9)14/h2-5H,6,14H2,1H3,(H,16,17). The zero-order chi connectivity index (χ0) is 13.1. The third kappa shape index (κ3) is 2.89. The Balaban J connectivity index is 2.03. The lowest BCUT2D eigenvalue weighted by atomic mass is 10.1. The first-order valence-electron chi connectivity index (χ1n) is 5.31. The molecule has 0 saturated heterocycles. The molecule has 0 atom stereocenters. The fraction of sp³-hybridized carbons (Fsp3) is 0.167. The molecule has 1 amide bonds. The summed E-state index contributed by atoms with van der Waals surface area (Å²) < 4.78 is 6.09. The highest BCUT2D eigenvalue weighted by molar-refractivity contribution is 9.10. The summed E-state index contributed by atoms with van der Waals surface area (Å²) in [5.74, 6) is 0.926. The topological polar surface area (TPSA) is 81.2 Å². The first-order chi connectivity index (χ1) is 8.56. The van der Waals surface area contributed by atoms with Crippen molar-refractivity contribution in [3.05, 3.63) is 46.1 Å². The minimum Gasteiger partial charge on any atom is -0.444 e. The Hall–Kier alpha value is -1.82. The van der Waals surface area contributed by atoms with Crippen LogP contribution < -0.4 is 11.1 Å². The monoisotopic (exact) mass is 309 g/mol. The number of rotatable bonds is 3. The second-order valence-corrected chi connectivity index (χ2v) is 4.69. The molecule has 2 aromatic rings. The number of aryl methyl sites for hydroxylation is 1. The van der Waals surface area contributed by atoms with Crippen LogP contribution in [0.3, 0.4) is 0 Å². The molecule has 6 heteroatoms. The van der Waals surface area contributed by atoms with Gasteiger partial charge in [-0.3, -0.25) is 4.79 Å². The lowest BCUT2D eigenvalue weighted by Crippen LogP contribution is -2.23. The molecule has 5 nitrogen and oxygen atoms in total. The normalized spacial score (nSPS) is 10.3. The summed E-state index contributed by atoms with van der Waals surface area (Å²) in [5.41, 5.74) is 6.62. The quantitative estimate of drug-likeness (QED) is 0.852. The smallest absolute Gasteiger partial charge is 0.253 e. The number of aromatic nitrogens is 1. The lowest BCUT2D eigenvalue weighted by Gasteiger charge is -2.06. The third-order valence-electron chi connectivity index (χ3n) is 2.33. The van der Waals surface area contributed by atoms with Crippen LogP contribution in [-0.4, -0.2) is 10.9 Å². The number of carbonyl (C=O) groups is 1. The number of oxazole rings is 1. The number of nitrogens with two attached hydrogens (primary N) is 1. The highest BCUT2D eigenvalue weighted by Gasteiger charge is 2.10. The fourth-order valence-electron chi connectivity index (χ4n) is 1.47. The van der Waals surface area contributed by atoms with Gasteiger partial charge in [-0.2, -0.15) is 0 Å². The van der Waals surface area contributed by atoms with Gasteiger partial charge in [-0.1, -0.05) is 15.9 Å². The van der Waals surface area contributed by atoms with Crippen molar-refractivity contribution in [3.63, 3.8) is 0 Å². The van der Waals surface area contributed by atoms with E-state index >= 15 is 0 Å². The Morgan fingerprint density at radius 3 is 2.94 bits per heavy atom. The predicted octanol–water partition coefficient (Wildman–Crippen LogP) is 2.26.